The molecule has 0 radical (unpaired) electrons. The van der Waals surface area contributed by atoms with E-state index in [4.69, 9.17) is 9.26 Å². The fraction of sp³-hybridized carbons (Fsp3) is 0.375. The van der Waals surface area contributed by atoms with E-state index in [1.807, 2.05) is 38.1 Å². The molecule has 2 heterocycles. The number of carbonyl (C=O) groups excluding carboxylic acids is 1. The maximum atomic E-state index is 12.6. The van der Waals surface area contributed by atoms with Crippen LogP contribution in [0.3, 0.4) is 0 Å². The molecular formula is C16H19N3O3. The number of hydrogen-bond acceptors (Lipinski definition) is 5. The highest BCUT2D eigenvalue weighted by atomic mass is 16.5. The van der Waals surface area contributed by atoms with Crippen molar-refractivity contribution in [3.63, 3.8) is 0 Å². The first-order chi connectivity index (χ1) is 10.7. The van der Waals surface area contributed by atoms with E-state index in [-0.39, 0.29) is 5.91 Å². The fourth-order valence-electron chi connectivity index (χ4n) is 2.59. The molecule has 1 amide bonds. The van der Waals surface area contributed by atoms with Gasteiger partial charge in [0.05, 0.1) is 5.69 Å². The van der Waals surface area contributed by atoms with Crippen molar-refractivity contribution in [2.45, 2.75) is 26.4 Å². The van der Waals surface area contributed by atoms with Gasteiger partial charge in [-0.25, -0.2) is 0 Å². The van der Waals surface area contributed by atoms with Crippen molar-refractivity contribution in [2.24, 2.45) is 0 Å². The second-order valence-electron chi connectivity index (χ2n) is 5.29. The highest BCUT2D eigenvalue weighted by Crippen LogP contribution is 2.27. The van der Waals surface area contributed by atoms with Crippen LogP contribution in [0.1, 0.15) is 28.6 Å². The molecule has 0 aliphatic carbocycles. The summed E-state index contributed by atoms with van der Waals surface area (Å²) in [6.07, 6.45) is 0. The van der Waals surface area contributed by atoms with Gasteiger partial charge in [0.25, 0.3) is 0 Å². The van der Waals surface area contributed by atoms with E-state index in [1.54, 1.807) is 0 Å². The molecule has 116 valence electrons. The molecule has 0 fully saturated rings. The Hall–Kier alpha value is -2.34. The van der Waals surface area contributed by atoms with Crippen LogP contribution in [-0.2, 0) is 11.3 Å². The maximum absolute atomic E-state index is 12.6. The second kappa shape index (κ2) is 6.19. The van der Waals surface area contributed by atoms with Gasteiger partial charge in [-0.05, 0) is 19.9 Å². The standard InChI is InChI=1S/C16H19N3O3/c1-10-13(11(2)22-19-10)9-18-16(20)15-12-5-3-4-6-14(12)21-8-7-17-15/h3-6,15,17H,7-9H2,1-2H3,(H,18,20). The average Bonchev–Trinajstić information content (AvgIpc) is 2.74. The summed E-state index contributed by atoms with van der Waals surface area (Å²) in [6, 6.07) is 7.19. The van der Waals surface area contributed by atoms with Gasteiger partial charge in [0.15, 0.2) is 0 Å². The molecule has 0 bridgehead atoms. The Kier molecular flexibility index (Phi) is 4.11. The molecule has 3 rings (SSSR count). The van der Waals surface area contributed by atoms with Gasteiger partial charge in [0, 0.05) is 24.2 Å². The minimum absolute atomic E-state index is 0.0852. The lowest BCUT2D eigenvalue weighted by Crippen LogP contribution is -2.37. The van der Waals surface area contributed by atoms with E-state index in [0.717, 1.165) is 28.3 Å². The number of aryl methyl sites for hydroxylation is 2. The molecule has 1 atom stereocenters. The van der Waals surface area contributed by atoms with Gasteiger partial charge in [-0.1, -0.05) is 23.4 Å². The van der Waals surface area contributed by atoms with Crippen molar-refractivity contribution in [1.82, 2.24) is 15.8 Å². The maximum Gasteiger partial charge on any atom is 0.242 e. The van der Waals surface area contributed by atoms with E-state index in [9.17, 15) is 4.79 Å². The Balaban J connectivity index is 1.75. The molecule has 6 nitrogen and oxygen atoms in total. The second-order valence-corrected chi connectivity index (χ2v) is 5.29. The van der Waals surface area contributed by atoms with Gasteiger partial charge in [-0.2, -0.15) is 0 Å². The molecular weight excluding hydrogens is 282 g/mol. The van der Waals surface area contributed by atoms with Gasteiger partial charge < -0.3 is 14.6 Å². The predicted octanol–water partition coefficient (Wildman–Crippen LogP) is 1.63. The lowest BCUT2D eigenvalue weighted by Gasteiger charge is -2.17. The summed E-state index contributed by atoms with van der Waals surface area (Å²) >= 11 is 0. The number of fused-ring (bicyclic) bond motifs is 1. The molecule has 1 unspecified atom stereocenters. The van der Waals surface area contributed by atoms with E-state index in [2.05, 4.69) is 15.8 Å². The summed E-state index contributed by atoms with van der Waals surface area (Å²) in [5.41, 5.74) is 2.58. The van der Waals surface area contributed by atoms with Crippen LogP contribution in [0.4, 0.5) is 0 Å². The Bertz CT molecular complexity index is 662. The SMILES string of the molecule is Cc1noc(C)c1CNC(=O)C1NCCOc2ccccc21. The van der Waals surface area contributed by atoms with Crippen LogP contribution in [0.2, 0.25) is 0 Å². The van der Waals surface area contributed by atoms with Gasteiger partial charge in [-0.15, -0.1) is 0 Å². The molecule has 0 saturated carbocycles. The van der Waals surface area contributed by atoms with Crippen LogP contribution in [0.15, 0.2) is 28.8 Å². The number of aromatic nitrogens is 1. The normalized spacial score (nSPS) is 17.3. The molecule has 1 aromatic heterocycles. The molecule has 2 N–H and O–H groups in total. The van der Waals surface area contributed by atoms with Crippen LogP contribution in [-0.4, -0.2) is 24.2 Å². The van der Waals surface area contributed by atoms with Gasteiger partial charge >= 0.3 is 0 Å². The number of hydrogen-bond donors (Lipinski definition) is 2. The number of para-hydroxylation sites is 1. The zero-order valence-electron chi connectivity index (χ0n) is 12.7. The van der Waals surface area contributed by atoms with Crippen LogP contribution in [0, 0.1) is 13.8 Å². The lowest BCUT2D eigenvalue weighted by atomic mass is 10.0. The largest absolute Gasteiger partial charge is 0.492 e. The van der Waals surface area contributed by atoms with Gasteiger partial charge in [0.1, 0.15) is 24.2 Å². The highest BCUT2D eigenvalue weighted by molar-refractivity contribution is 5.84. The molecule has 1 aliphatic rings. The minimum Gasteiger partial charge on any atom is -0.492 e. The van der Waals surface area contributed by atoms with Crippen LogP contribution >= 0.6 is 0 Å². The van der Waals surface area contributed by atoms with E-state index in [1.165, 1.54) is 0 Å². The van der Waals surface area contributed by atoms with Crippen LogP contribution < -0.4 is 15.4 Å². The first kappa shape index (κ1) is 14.6. The van der Waals surface area contributed by atoms with Crippen molar-refractivity contribution in [1.29, 1.82) is 0 Å². The molecule has 22 heavy (non-hydrogen) atoms. The van der Waals surface area contributed by atoms with E-state index >= 15 is 0 Å². The Morgan fingerprint density at radius 3 is 3.00 bits per heavy atom. The molecule has 0 spiro atoms. The highest BCUT2D eigenvalue weighted by Gasteiger charge is 2.25. The summed E-state index contributed by atoms with van der Waals surface area (Å²) in [5.74, 6) is 1.40. The number of ether oxygens (including phenoxy) is 1. The van der Waals surface area contributed by atoms with Gasteiger partial charge in [0.2, 0.25) is 5.91 Å². The monoisotopic (exact) mass is 301 g/mol. The van der Waals surface area contributed by atoms with Crippen molar-refractivity contribution >= 4 is 5.91 Å². The van der Waals surface area contributed by atoms with E-state index < -0.39 is 6.04 Å². The first-order valence-electron chi connectivity index (χ1n) is 7.31. The summed E-state index contributed by atoms with van der Waals surface area (Å²) in [6.45, 7) is 5.28. The lowest BCUT2D eigenvalue weighted by molar-refractivity contribution is -0.123. The third-order valence-electron chi connectivity index (χ3n) is 3.82. The predicted molar refractivity (Wildman–Crippen MR) is 80.5 cm³/mol. The molecule has 0 saturated heterocycles. The minimum atomic E-state index is -0.417. The third-order valence-corrected chi connectivity index (χ3v) is 3.82. The summed E-state index contributed by atoms with van der Waals surface area (Å²) in [7, 11) is 0. The van der Waals surface area contributed by atoms with Crippen molar-refractivity contribution in [2.75, 3.05) is 13.2 Å². The molecule has 1 aliphatic heterocycles. The van der Waals surface area contributed by atoms with Gasteiger partial charge in [-0.3, -0.25) is 10.1 Å². The zero-order chi connectivity index (χ0) is 15.5. The summed E-state index contributed by atoms with van der Waals surface area (Å²) < 4.78 is 10.8. The first-order valence-corrected chi connectivity index (χ1v) is 7.31. The molecule has 1 aromatic carbocycles. The summed E-state index contributed by atoms with van der Waals surface area (Å²) in [5, 5.41) is 10.1. The van der Waals surface area contributed by atoms with Crippen molar-refractivity contribution in [3.8, 4) is 5.75 Å². The quantitative estimate of drug-likeness (QED) is 0.901. The van der Waals surface area contributed by atoms with E-state index in [0.29, 0.717) is 19.7 Å². The molecule has 2 aromatic rings. The Morgan fingerprint density at radius 1 is 1.41 bits per heavy atom. The third kappa shape index (κ3) is 2.82. The number of nitrogens with zero attached hydrogens (tertiary/aromatic N) is 1. The number of amides is 1. The van der Waals surface area contributed by atoms with Crippen LogP contribution in [0.25, 0.3) is 0 Å². The fourth-order valence-corrected chi connectivity index (χ4v) is 2.59. The topological polar surface area (TPSA) is 76.4 Å². The Morgan fingerprint density at radius 2 is 2.23 bits per heavy atom. The van der Waals surface area contributed by atoms with Crippen molar-refractivity contribution in [3.05, 3.63) is 46.8 Å². The van der Waals surface area contributed by atoms with Crippen LogP contribution in [0.5, 0.6) is 5.75 Å². The number of carbonyl (C=O) groups is 1. The zero-order valence-corrected chi connectivity index (χ0v) is 12.7. The smallest absolute Gasteiger partial charge is 0.242 e. The number of benzene rings is 1. The number of nitrogens with one attached hydrogen (secondary N) is 2. The Labute approximate surface area is 128 Å². The number of rotatable bonds is 3. The molecule has 6 heteroatoms. The summed E-state index contributed by atoms with van der Waals surface area (Å²) in [4.78, 5) is 12.6. The average molecular weight is 301 g/mol. The van der Waals surface area contributed by atoms with Crippen molar-refractivity contribution < 1.29 is 14.1 Å².